The number of aliphatic hydroxyl groups excluding tert-OH is 1. The molecule has 0 radical (unpaired) electrons. The molecular weight excluding hydrogens is 272 g/mol. The van der Waals surface area contributed by atoms with Crippen molar-refractivity contribution in [3.05, 3.63) is 29.6 Å². The lowest BCUT2D eigenvalue weighted by Gasteiger charge is -2.11. The number of hydrogen-bond donors (Lipinski definition) is 2. The zero-order valence-corrected chi connectivity index (χ0v) is 12.2. The van der Waals surface area contributed by atoms with Gasteiger partial charge in [0.15, 0.2) is 0 Å². The average Bonchev–Trinajstić information content (AvgIpc) is 2.81. The summed E-state index contributed by atoms with van der Waals surface area (Å²) < 4.78 is 7.35. The van der Waals surface area contributed by atoms with Gasteiger partial charge in [-0.2, -0.15) is 0 Å². The second-order valence-corrected chi connectivity index (χ2v) is 5.12. The molecule has 6 nitrogen and oxygen atoms in total. The van der Waals surface area contributed by atoms with E-state index in [1.54, 1.807) is 18.2 Å². The van der Waals surface area contributed by atoms with Gasteiger partial charge in [0.25, 0.3) is 0 Å². The number of carbonyl (C=O) groups is 1. The van der Waals surface area contributed by atoms with Crippen molar-refractivity contribution in [1.82, 2.24) is 9.55 Å². The van der Waals surface area contributed by atoms with Crippen LogP contribution in [0.25, 0.3) is 11.0 Å². The summed E-state index contributed by atoms with van der Waals surface area (Å²) in [6.45, 7) is 5.51. The molecule has 0 atom stereocenters. The molecule has 0 saturated carbocycles. The van der Waals surface area contributed by atoms with Crippen molar-refractivity contribution in [2.75, 3.05) is 19.8 Å². The van der Waals surface area contributed by atoms with E-state index in [0.29, 0.717) is 25.3 Å². The van der Waals surface area contributed by atoms with Gasteiger partial charge in [-0.25, -0.2) is 9.78 Å². The van der Waals surface area contributed by atoms with Crippen molar-refractivity contribution >= 4 is 17.0 Å². The summed E-state index contributed by atoms with van der Waals surface area (Å²) in [5, 5.41) is 17.8. The van der Waals surface area contributed by atoms with Crippen LogP contribution in [0.1, 0.15) is 35.9 Å². The number of aliphatic hydroxyl groups is 1. The molecule has 0 unspecified atom stereocenters. The fourth-order valence-electron chi connectivity index (χ4n) is 2.28. The molecule has 0 bridgehead atoms. The van der Waals surface area contributed by atoms with Crippen LogP contribution in [0.3, 0.4) is 0 Å². The lowest BCUT2D eigenvalue weighted by molar-refractivity contribution is 0.0697. The molecule has 1 heterocycles. The molecule has 2 rings (SSSR count). The molecule has 1 aromatic carbocycles. The molecule has 0 aliphatic heterocycles. The molecule has 0 saturated heterocycles. The van der Waals surface area contributed by atoms with Crippen molar-refractivity contribution in [2.24, 2.45) is 0 Å². The van der Waals surface area contributed by atoms with Gasteiger partial charge in [-0.3, -0.25) is 0 Å². The Balaban J connectivity index is 2.36. The molecule has 0 spiro atoms. The fraction of sp³-hybridized carbons (Fsp3) is 0.467. The van der Waals surface area contributed by atoms with Crippen LogP contribution in [0.4, 0.5) is 0 Å². The lowest BCUT2D eigenvalue weighted by Crippen LogP contribution is -2.12. The van der Waals surface area contributed by atoms with Crippen LogP contribution in [0.2, 0.25) is 0 Å². The highest BCUT2D eigenvalue weighted by Crippen LogP contribution is 2.23. The van der Waals surface area contributed by atoms with Crippen molar-refractivity contribution in [3.63, 3.8) is 0 Å². The molecule has 1 aromatic heterocycles. The Bertz CT molecular complexity index is 634. The Labute approximate surface area is 123 Å². The average molecular weight is 292 g/mol. The molecular formula is C15H20N2O4. The van der Waals surface area contributed by atoms with E-state index in [1.165, 1.54) is 0 Å². The summed E-state index contributed by atoms with van der Waals surface area (Å²) in [7, 11) is 0. The minimum Gasteiger partial charge on any atom is -0.478 e. The summed E-state index contributed by atoms with van der Waals surface area (Å²) >= 11 is 0. The maximum Gasteiger partial charge on any atom is 0.335 e. The molecule has 2 N–H and O–H groups in total. The quantitative estimate of drug-likeness (QED) is 0.761. The first-order valence-electron chi connectivity index (χ1n) is 6.96. The predicted octanol–water partition coefficient (Wildman–Crippen LogP) is 1.87. The van der Waals surface area contributed by atoms with Crippen LogP contribution in [0.5, 0.6) is 0 Å². The normalized spacial score (nSPS) is 11.4. The summed E-state index contributed by atoms with van der Waals surface area (Å²) in [4.78, 5) is 15.6. The van der Waals surface area contributed by atoms with Crippen molar-refractivity contribution < 1.29 is 19.7 Å². The number of carboxylic acid groups (broad SMARTS) is 1. The van der Waals surface area contributed by atoms with Gasteiger partial charge < -0.3 is 19.5 Å². The van der Waals surface area contributed by atoms with Crippen LogP contribution in [-0.4, -0.2) is 45.6 Å². The number of hydrogen-bond acceptors (Lipinski definition) is 4. The fourth-order valence-corrected chi connectivity index (χ4v) is 2.28. The Morgan fingerprint density at radius 3 is 2.76 bits per heavy atom. The number of fused-ring (bicyclic) bond motifs is 1. The van der Waals surface area contributed by atoms with Crippen LogP contribution in [0, 0.1) is 0 Å². The van der Waals surface area contributed by atoms with Gasteiger partial charge in [-0.1, -0.05) is 13.8 Å². The molecule has 6 heteroatoms. The Morgan fingerprint density at radius 1 is 1.38 bits per heavy atom. The van der Waals surface area contributed by atoms with Crippen LogP contribution in [0.15, 0.2) is 18.2 Å². The third-order valence-corrected chi connectivity index (χ3v) is 3.24. The smallest absolute Gasteiger partial charge is 0.335 e. The highest BCUT2D eigenvalue weighted by Gasteiger charge is 2.15. The maximum absolute atomic E-state index is 11.0. The predicted molar refractivity (Wildman–Crippen MR) is 78.7 cm³/mol. The highest BCUT2D eigenvalue weighted by atomic mass is 16.5. The van der Waals surface area contributed by atoms with E-state index < -0.39 is 5.97 Å². The molecule has 0 aliphatic rings. The third kappa shape index (κ3) is 3.40. The van der Waals surface area contributed by atoms with E-state index in [-0.39, 0.29) is 18.1 Å². The van der Waals surface area contributed by atoms with E-state index in [4.69, 9.17) is 14.9 Å². The second kappa shape index (κ2) is 6.69. The standard InChI is InChI=1S/C15H20N2O4/c1-10(2)14-16-12-9-11(15(19)20)3-4-13(12)17(14)5-7-21-8-6-18/h3-4,9-10,18H,5-8H2,1-2H3,(H,19,20). The van der Waals surface area contributed by atoms with E-state index in [0.717, 1.165) is 11.3 Å². The molecule has 0 aliphatic carbocycles. The van der Waals surface area contributed by atoms with Gasteiger partial charge in [0.1, 0.15) is 5.82 Å². The van der Waals surface area contributed by atoms with Crippen molar-refractivity contribution in [2.45, 2.75) is 26.3 Å². The lowest BCUT2D eigenvalue weighted by atomic mass is 10.2. The number of nitrogens with zero attached hydrogens (tertiary/aromatic N) is 2. The van der Waals surface area contributed by atoms with Crippen LogP contribution in [-0.2, 0) is 11.3 Å². The molecule has 0 fully saturated rings. The minimum atomic E-state index is -0.955. The molecule has 2 aromatic rings. The van der Waals surface area contributed by atoms with Crippen LogP contribution >= 0.6 is 0 Å². The summed E-state index contributed by atoms with van der Waals surface area (Å²) in [6.07, 6.45) is 0. The van der Waals surface area contributed by atoms with E-state index >= 15 is 0 Å². The number of imidazole rings is 1. The first-order chi connectivity index (χ1) is 10.0. The van der Waals surface area contributed by atoms with Gasteiger partial charge in [0.2, 0.25) is 0 Å². The second-order valence-electron chi connectivity index (χ2n) is 5.12. The number of aromatic nitrogens is 2. The number of rotatable bonds is 7. The Kier molecular flexibility index (Phi) is 4.93. The SMILES string of the molecule is CC(C)c1nc2cc(C(=O)O)ccc2n1CCOCCO. The zero-order chi connectivity index (χ0) is 15.4. The first-order valence-corrected chi connectivity index (χ1v) is 6.96. The monoisotopic (exact) mass is 292 g/mol. The van der Waals surface area contributed by atoms with Gasteiger partial charge in [-0.15, -0.1) is 0 Å². The number of aromatic carboxylic acids is 1. The van der Waals surface area contributed by atoms with E-state index in [2.05, 4.69) is 4.98 Å². The highest BCUT2D eigenvalue weighted by molar-refractivity contribution is 5.92. The largest absolute Gasteiger partial charge is 0.478 e. The van der Waals surface area contributed by atoms with Gasteiger partial charge in [0, 0.05) is 12.5 Å². The number of benzene rings is 1. The molecule has 0 amide bonds. The summed E-state index contributed by atoms with van der Waals surface area (Å²) in [5.41, 5.74) is 1.82. The van der Waals surface area contributed by atoms with E-state index in [9.17, 15) is 4.79 Å². The van der Waals surface area contributed by atoms with Crippen LogP contribution < -0.4 is 0 Å². The van der Waals surface area contributed by atoms with E-state index in [1.807, 2.05) is 18.4 Å². The Morgan fingerprint density at radius 2 is 2.14 bits per heavy atom. The minimum absolute atomic E-state index is 0.00366. The summed E-state index contributed by atoms with van der Waals surface area (Å²) in [6, 6.07) is 4.96. The topological polar surface area (TPSA) is 84.6 Å². The molecule has 114 valence electrons. The zero-order valence-electron chi connectivity index (χ0n) is 12.2. The maximum atomic E-state index is 11.0. The summed E-state index contributed by atoms with van der Waals surface area (Å²) in [5.74, 6) is 0.174. The number of carboxylic acids is 1. The van der Waals surface area contributed by atoms with Crippen molar-refractivity contribution in [1.29, 1.82) is 0 Å². The van der Waals surface area contributed by atoms with Gasteiger partial charge >= 0.3 is 5.97 Å². The third-order valence-electron chi connectivity index (χ3n) is 3.24. The van der Waals surface area contributed by atoms with Gasteiger partial charge in [0.05, 0.1) is 36.4 Å². The molecule has 21 heavy (non-hydrogen) atoms. The van der Waals surface area contributed by atoms with Crippen molar-refractivity contribution in [3.8, 4) is 0 Å². The number of ether oxygens (including phenoxy) is 1. The van der Waals surface area contributed by atoms with Gasteiger partial charge in [-0.05, 0) is 18.2 Å². The Hall–Kier alpha value is -1.92. The first kappa shape index (κ1) is 15.5.